The molecule has 1 aromatic carbocycles. The van der Waals surface area contributed by atoms with Crippen molar-refractivity contribution in [1.82, 2.24) is 50.2 Å². The van der Waals surface area contributed by atoms with Crippen LogP contribution in [0.1, 0.15) is 170 Å². The number of carbonyl (C=O) groups is 9. The summed E-state index contributed by atoms with van der Waals surface area (Å²) in [5.74, 6) is -1.77. The standard InChI is InChI=1S/C27H29Cl2N5O4S.C15H13Cl2N3O3S.C11H12BrNO3S.C11H13NO3S.C8H9NOS/c1-27(2)24-18(25(37)34(27)13-22(36)32-20(14-35)15-4-3-5-16(28)10-15)11-21(39-24)23-19(29)12-30-26(33-23)31-17-6-8-38-9-7-17;1-15(2)12-7(13(22)20(15)6-10(21)23-3)4-9(24-12)11-8(16)5-18-14(17)19-11;1-11(2)9-6(4-7(12)17-9)10(15)13(11)5-8(14)16-3;1-11(2)9-7(4-5-16-9)10(14)12(11)6-8(13)15-3;1-8(2)6-5(3-4-11-6)7(10)9-8/h3-5,10-12,17,20,35H,6-9,13-14H2,1-2H3,(H,32,36)(H,30,31,33);4-5H,6H2,1-3H3;4H,5H2,1-3H3;4-5H,6H2,1-3H3;3-4H,1-2H3,(H,9,10)/t20-;;;;/m1..../s1. The first kappa shape index (κ1) is 82.0. The maximum atomic E-state index is 13.5. The molecule has 13 heterocycles. The third-order valence-electron chi connectivity index (χ3n) is 18.7. The average Bonchev–Trinajstić information content (AvgIpc) is 1.59. The number of aromatic nitrogens is 4. The van der Waals surface area contributed by atoms with Crippen LogP contribution >= 0.6 is 119 Å². The lowest BCUT2D eigenvalue weighted by Gasteiger charge is -2.32. The smallest absolute Gasteiger partial charge is 0.325 e. The van der Waals surface area contributed by atoms with E-state index in [0.717, 1.165) is 56.3 Å². The highest BCUT2D eigenvalue weighted by atomic mass is 79.9. The molecule has 6 amide bonds. The van der Waals surface area contributed by atoms with E-state index < -0.39 is 46.1 Å². The molecule has 568 valence electrons. The van der Waals surface area contributed by atoms with Crippen molar-refractivity contribution in [2.75, 3.05) is 72.6 Å². The predicted octanol–water partition coefficient (Wildman–Crippen LogP) is 13.7. The van der Waals surface area contributed by atoms with Crippen LogP contribution in [0.5, 0.6) is 0 Å². The summed E-state index contributed by atoms with van der Waals surface area (Å²) >= 11 is 35.4. The van der Waals surface area contributed by atoms with E-state index in [1.54, 1.807) is 92.1 Å². The Labute approximate surface area is 665 Å². The third kappa shape index (κ3) is 17.1. The van der Waals surface area contributed by atoms with Gasteiger partial charge in [0.15, 0.2) is 0 Å². The van der Waals surface area contributed by atoms with Crippen LogP contribution in [-0.2, 0) is 65.8 Å². The minimum atomic E-state index is -0.736. The maximum absolute atomic E-state index is 13.5. The van der Waals surface area contributed by atoms with Crippen molar-refractivity contribution in [2.45, 2.75) is 122 Å². The van der Waals surface area contributed by atoms with Crippen molar-refractivity contribution in [1.29, 1.82) is 0 Å². The summed E-state index contributed by atoms with van der Waals surface area (Å²) < 4.78 is 20.2. The number of aliphatic hydroxyl groups excluding tert-OH is 1. The highest BCUT2D eigenvalue weighted by molar-refractivity contribution is 9.11. The van der Waals surface area contributed by atoms with Gasteiger partial charge in [-0.3, -0.25) is 43.2 Å². The maximum Gasteiger partial charge on any atom is 0.325 e. The normalized spacial score (nSPS) is 17.3. The molecule has 1 atom stereocenters. The Balaban J connectivity index is 0.000000154. The summed E-state index contributed by atoms with van der Waals surface area (Å²) in [6, 6.07) is 15.5. The summed E-state index contributed by atoms with van der Waals surface area (Å²) in [5, 5.41) is 24.1. The van der Waals surface area contributed by atoms with Crippen molar-refractivity contribution >= 4 is 178 Å². The molecule has 0 saturated carbocycles. The van der Waals surface area contributed by atoms with Gasteiger partial charge < -0.3 is 59.6 Å². The van der Waals surface area contributed by atoms with Gasteiger partial charge in [-0.2, -0.15) is 0 Å². The van der Waals surface area contributed by atoms with E-state index in [2.05, 4.69) is 66.0 Å². The number of nitrogens with one attached hydrogen (secondary N) is 3. The Kier molecular flexibility index (Phi) is 25.3. The van der Waals surface area contributed by atoms with Crippen molar-refractivity contribution in [3.63, 3.8) is 0 Å². The summed E-state index contributed by atoms with van der Waals surface area (Å²) in [6.07, 6.45) is 4.74. The second-order valence-corrected chi connectivity index (χ2v) is 35.5. The molecule has 0 bridgehead atoms. The van der Waals surface area contributed by atoms with Gasteiger partial charge in [0.25, 0.3) is 29.5 Å². The van der Waals surface area contributed by atoms with Gasteiger partial charge in [-0.15, -0.1) is 56.7 Å². The number of halogens is 5. The number of esters is 3. The lowest BCUT2D eigenvalue weighted by Crippen LogP contribution is -2.46. The summed E-state index contributed by atoms with van der Waals surface area (Å²) in [7, 11) is 3.94. The van der Waals surface area contributed by atoms with Crippen LogP contribution in [0.25, 0.3) is 21.1 Å². The second-order valence-electron chi connectivity index (χ2n) is 27.6. The molecular formula is C72H76BrCl4N11O14S5. The number of aliphatic hydroxyl groups is 1. The lowest BCUT2D eigenvalue weighted by atomic mass is 10.0. The number of ether oxygens (including phenoxy) is 4. The number of nitrogens with zero attached hydrogens (tertiary/aromatic N) is 8. The van der Waals surface area contributed by atoms with Gasteiger partial charge >= 0.3 is 17.9 Å². The fourth-order valence-corrected chi connectivity index (χ4v) is 19.8. The zero-order chi connectivity index (χ0) is 78.2. The number of benzene rings is 1. The first-order chi connectivity index (χ1) is 50.4. The van der Waals surface area contributed by atoms with Gasteiger partial charge in [0, 0.05) is 48.7 Å². The molecule has 0 radical (unpaired) electrons. The average molecular weight is 1700 g/mol. The first-order valence-corrected chi connectivity index (χ1v) is 39.7. The number of amides is 6. The molecule has 25 nitrogen and oxygen atoms in total. The SMILES string of the molecule is CC1(C)NC(=O)c2ccsc21.CC1(C)c2sc(-c3nc(NC4CCOCC4)ncc3Cl)cc2C(=O)N1CC(=O)N[C@H](CO)c1cccc(Cl)c1.COC(=O)CN1C(=O)c2cc(-c3nc(Cl)ncc3Cl)sc2C1(C)C.COC(=O)CN1C(=O)c2cc(Br)sc2C1(C)C.COC(=O)CN1C(=O)c2ccsc2C1(C)C. The minimum absolute atomic E-state index is 0.00370. The molecule has 14 rings (SSSR count). The van der Waals surface area contributed by atoms with E-state index in [1.165, 1.54) is 66.4 Å². The highest BCUT2D eigenvalue weighted by Crippen LogP contribution is 2.50. The monoisotopic (exact) mass is 1700 g/mol. The number of thiophene rings is 5. The van der Waals surface area contributed by atoms with Crippen molar-refractivity contribution < 1.29 is 67.2 Å². The largest absolute Gasteiger partial charge is 0.468 e. The zero-order valence-electron chi connectivity index (χ0n) is 60.3. The van der Waals surface area contributed by atoms with Gasteiger partial charge in [-0.25, -0.2) is 19.9 Å². The fraction of sp³-hybridized carbons (Fsp3) is 0.403. The molecule has 0 aliphatic carbocycles. The van der Waals surface area contributed by atoms with Crippen LogP contribution < -0.4 is 16.0 Å². The van der Waals surface area contributed by atoms with Gasteiger partial charge in [0.2, 0.25) is 17.1 Å². The topological polar surface area (TPSA) is 311 Å². The third-order valence-corrected chi connectivity index (χ3v) is 27.0. The van der Waals surface area contributed by atoms with Crippen LogP contribution in [0.2, 0.25) is 20.4 Å². The lowest BCUT2D eigenvalue weighted by molar-refractivity contribution is -0.143. The molecular weight excluding hydrogens is 1620 g/mol. The van der Waals surface area contributed by atoms with Gasteiger partial charge in [-0.05, 0) is 168 Å². The van der Waals surface area contributed by atoms with E-state index in [0.29, 0.717) is 73.4 Å². The summed E-state index contributed by atoms with van der Waals surface area (Å²) in [5.41, 5.74) is 2.61. The molecule has 35 heteroatoms. The molecule has 4 N–H and O–H groups in total. The Morgan fingerprint density at radius 3 is 1.53 bits per heavy atom. The Hall–Kier alpha value is -7.53. The van der Waals surface area contributed by atoms with E-state index in [-0.39, 0.29) is 85.1 Å². The van der Waals surface area contributed by atoms with Crippen LogP contribution in [0.3, 0.4) is 0 Å². The number of rotatable bonds is 15. The molecule has 1 saturated heterocycles. The zero-order valence-corrected chi connectivity index (χ0v) is 69.0. The van der Waals surface area contributed by atoms with Crippen LogP contribution in [-0.4, -0.2) is 171 Å². The number of anilines is 1. The number of carbonyl (C=O) groups excluding carboxylic acids is 9. The summed E-state index contributed by atoms with van der Waals surface area (Å²) in [6.45, 7) is 20.2. The van der Waals surface area contributed by atoms with Crippen molar-refractivity contribution in [3.8, 4) is 21.1 Å². The van der Waals surface area contributed by atoms with Crippen LogP contribution in [0, 0.1) is 0 Å². The number of hydrogen-bond donors (Lipinski definition) is 4. The number of fused-ring (bicyclic) bond motifs is 5. The molecule has 0 spiro atoms. The van der Waals surface area contributed by atoms with E-state index in [4.69, 9.17) is 51.1 Å². The highest BCUT2D eigenvalue weighted by Gasteiger charge is 2.50. The quantitative estimate of drug-likeness (QED) is 0.0421. The van der Waals surface area contributed by atoms with E-state index in [1.807, 2.05) is 86.1 Å². The Morgan fingerprint density at radius 1 is 0.598 bits per heavy atom. The second kappa shape index (κ2) is 33.0. The van der Waals surface area contributed by atoms with Gasteiger partial charge in [0.05, 0.1) is 125 Å². The Morgan fingerprint density at radius 2 is 1.06 bits per heavy atom. The van der Waals surface area contributed by atoms with E-state index in [9.17, 15) is 48.3 Å². The van der Waals surface area contributed by atoms with Gasteiger partial charge in [0.1, 0.15) is 37.6 Å². The number of methoxy groups -OCH3 is 3. The summed E-state index contributed by atoms with van der Waals surface area (Å²) in [4.78, 5) is 138. The molecule has 107 heavy (non-hydrogen) atoms. The number of hydrogen-bond acceptors (Lipinski definition) is 24. The van der Waals surface area contributed by atoms with Crippen molar-refractivity contribution in [3.05, 3.63) is 160 Å². The van der Waals surface area contributed by atoms with E-state index >= 15 is 0 Å². The minimum Gasteiger partial charge on any atom is -0.468 e. The molecule has 1 fully saturated rings. The van der Waals surface area contributed by atoms with Crippen LogP contribution in [0.4, 0.5) is 5.95 Å². The molecule has 7 aromatic heterocycles. The van der Waals surface area contributed by atoms with Crippen LogP contribution in [0.15, 0.2) is 81.5 Å². The molecule has 0 unspecified atom stereocenters. The van der Waals surface area contributed by atoms with Gasteiger partial charge in [-0.1, -0.05) is 46.9 Å². The first-order valence-electron chi connectivity index (χ1n) is 33.2. The fourth-order valence-electron chi connectivity index (χ4n) is 12.8. The van der Waals surface area contributed by atoms with Crippen molar-refractivity contribution in [2.24, 2.45) is 0 Å². The molecule has 6 aliphatic rings. The molecule has 6 aliphatic heterocycles. The predicted molar refractivity (Wildman–Crippen MR) is 416 cm³/mol. The molecule has 8 aromatic rings. The Bertz CT molecular complexity index is 4800.